The average molecular weight is 262 g/mol. The molecule has 0 aliphatic heterocycles. The molecule has 0 spiro atoms. The number of benzene rings is 1. The van der Waals surface area contributed by atoms with Gasteiger partial charge in [0.05, 0.1) is 13.2 Å². The molecule has 0 bridgehead atoms. The van der Waals surface area contributed by atoms with Gasteiger partial charge in [0, 0.05) is 18.2 Å². The Morgan fingerprint density at radius 1 is 1.26 bits per heavy atom. The van der Waals surface area contributed by atoms with Crippen molar-refractivity contribution in [2.24, 2.45) is 0 Å². The monoisotopic (exact) mass is 262 g/mol. The molecule has 0 atom stereocenters. The third-order valence-corrected chi connectivity index (χ3v) is 3.09. The first kappa shape index (κ1) is 13.5. The van der Waals surface area contributed by atoms with Crippen molar-refractivity contribution in [2.75, 3.05) is 19.7 Å². The summed E-state index contributed by atoms with van der Waals surface area (Å²) in [5.41, 5.74) is 0.537. The van der Waals surface area contributed by atoms with Crippen LogP contribution in [0.4, 0.5) is 0 Å². The summed E-state index contributed by atoms with van der Waals surface area (Å²) in [6.45, 7) is 0.268. The minimum Gasteiger partial charge on any atom is -0.395 e. The topological polar surface area (TPSA) is 69.6 Å². The van der Waals surface area contributed by atoms with Gasteiger partial charge in [-0.25, -0.2) is 0 Å². The molecule has 0 unspecified atom stereocenters. The van der Waals surface area contributed by atoms with Crippen LogP contribution in [0, 0.1) is 0 Å². The first-order chi connectivity index (χ1) is 9.22. The van der Waals surface area contributed by atoms with E-state index in [-0.39, 0.29) is 31.0 Å². The second kappa shape index (κ2) is 6.33. The molecule has 2 N–H and O–H groups in total. The van der Waals surface area contributed by atoms with Gasteiger partial charge in [-0.3, -0.25) is 9.59 Å². The van der Waals surface area contributed by atoms with Crippen molar-refractivity contribution in [3.8, 4) is 0 Å². The van der Waals surface area contributed by atoms with Crippen LogP contribution in [0.5, 0.6) is 0 Å². The second-order valence-corrected chi connectivity index (χ2v) is 4.59. The zero-order valence-electron chi connectivity index (χ0n) is 10.7. The van der Waals surface area contributed by atoms with Crippen LogP contribution in [0.3, 0.4) is 0 Å². The minimum atomic E-state index is -0.256. The summed E-state index contributed by atoms with van der Waals surface area (Å²) in [4.78, 5) is 25.4. The predicted octanol–water partition coefficient (Wildman–Crippen LogP) is 0.400. The number of aliphatic hydroxyl groups is 1. The van der Waals surface area contributed by atoms with Gasteiger partial charge < -0.3 is 15.3 Å². The fourth-order valence-corrected chi connectivity index (χ4v) is 1.95. The second-order valence-electron chi connectivity index (χ2n) is 4.59. The highest BCUT2D eigenvalue weighted by molar-refractivity contribution is 5.96. The summed E-state index contributed by atoms with van der Waals surface area (Å²) in [5, 5.41) is 11.5. The average Bonchev–Trinajstić information content (AvgIpc) is 3.27. The van der Waals surface area contributed by atoms with Gasteiger partial charge in [0.15, 0.2) is 0 Å². The highest BCUT2D eigenvalue weighted by Gasteiger charge is 2.31. The van der Waals surface area contributed by atoms with E-state index in [0.717, 1.165) is 12.8 Å². The Bertz CT molecular complexity index is 443. The predicted molar refractivity (Wildman–Crippen MR) is 70.6 cm³/mol. The molecule has 1 aromatic rings. The lowest BCUT2D eigenvalue weighted by atomic mass is 10.2. The van der Waals surface area contributed by atoms with Crippen molar-refractivity contribution in [2.45, 2.75) is 18.9 Å². The first-order valence-corrected chi connectivity index (χ1v) is 6.46. The van der Waals surface area contributed by atoms with Crippen LogP contribution >= 0.6 is 0 Å². The van der Waals surface area contributed by atoms with Gasteiger partial charge in [-0.2, -0.15) is 0 Å². The van der Waals surface area contributed by atoms with Gasteiger partial charge in [0.2, 0.25) is 5.91 Å². The van der Waals surface area contributed by atoms with Crippen molar-refractivity contribution in [3.05, 3.63) is 35.9 Å². The summed E-state index contributed by atoms with van der Waals surface area (Å²) < 4.78 is 0. The molecule has 2 rings (SSSR count). The zero-order valence-corrected chi connectivity index (χ0v) is 10.7. The van der Waals surface area contributed by atoms with E-state index in [4.69, 9.17) is 5.11 Å². The van der Waals surface area contributed by atoms with E-state index >= 15 is 0 Å². The van der Waals surface area contributed by atoms with Crippen molar-refractivity contribution in [3.63, 3.8) is 0 Å². The molecule has 0 radical (unpaired) electrons. The fourth-order valence-electron chi connectivity index (χ4n) is 1.95. The number of aliphatic hydroxyl groups excluding tert-OH is 1. The number of nitrogens with one attached hydrogen (secondary N) is 1. The molecule has 5 heteroatoms. The van der Waals surface area contributed by atoms with Crippen LogP contribution in [-0.2, 0) is 4.79 Å². The van der Waals surface area contributed by atoms with Crippen molar-refractivity contribution >= 4 is 11.8 Å². The molecule has 1 aromatic carbocycles. The Balaban J connectivity index is 1.84. The Labute approximate surface area is 112 Å². The molecule has 2 amide bonds. The van der Waals surface area contributed by atoms with E-state index < -0.39 is 0 Å². The van der Waals surface area contributed by atoms with Gasteiger partial charge in [-0.15, -0.1) is 0 Å². The van der Waals surface area contributed by atoms with E-state index in [1.807, 2.05) is 6.07 Å². The van der Waals surface area contributed by atoms with Crippen molar-refractivity contribution < 1.29 is 14.7 Å². The molecule has 19 heavy (non-hydrogen) atoms. The normalized spacial score (nSPS) is 13.9. The SMILES string of the molecule is O=C(NCC(=O)N(CCO)C1CC1)c1ccccc1. The standard InChI is InChI=1S/C14H18N2O3/c17-9-8-16(12-6-7-12)13(18)10-15-14(19)11-4-2-1-3-5-11/h1-5,12,17H,6-10H2,(H,15,19). The van der Waals surface area contributed by atoms with E-state index in [0.29, 0.717) is 12.1 Å². The van der Waals surface area contributed by atoms with E-state index in [1.54, 1.807) is 29.2 Å². The molecular formula is C14H18N2O3. The molecule has 5 nitrogen and oxygen atoms in total. The van der Waals surface area contributed by atoms with E-state index in [2.05, 4.69) is 5.32 Å². The summed E-state index contributed by atoms with van der Waals surface area (Å²) in [5.74, 6) is -0.394. The molecule has 0 aromatic heterocycles. The van der Waals surface area contributed by atoms with Crippen LogP contribution in [0.15, 0.2) is 30.3 Å². The Kier molecular flexibility index (Phi) is 4.52. The zero-order chi connectivity index (χ0) is 13.7. The Morgan fingerprint density at radius 3 is 2.53 bits per heavy atom. The Morgan fingerprint density at radius 2 is 1.95 bits per heavy atom. The number of nitrogens with zero attached hydrogens (tertiary/aromatic N) is 1. The number of hydrogen-bond donors (Lipinski definition) is 2. The van der Waals surface area contributed by atoms with Crippen molar-refractivity contribution in [1.29, 1.82) is 0 Å². The minimum absolute atomic E-state index is 0.0236. The number of hydrogen-bond acceptors (Lipinski definition) is 3. The quantitative estimate of drug-likeness (QED) is 0.779. The third-order valence-electron chi connectivity index (χ3n) is 3.09. The molecule has 1 aliphatic carbocycles. The maximum absolute atomic E-state index is 12.0. The maximum Gasteiger partial charge on any atom is 0.251 e. The lowest BCUT2D eigenvalue weighted by Crippen LogP contribution is -2.42. The first-order valence-electron chi connectivity index (χ1n) is 6.46. The summed E-state index contributed by atoms with van der Waals surface area (Å²) in [6, 6.07) is 9.03. The van der Waals surface area contributed by atoms with Crippen LogP contribution < -0.4 is 5.32 Å². The number of amides is 2. The smallest absolute Gasteiger partial charge is 0.251 e. The fraction of sp³-hybridized carbons (Fsp3) is 0.429. The number of rotatable bonds is 6. The molecule has 0 saturated heterocycles. The van der Waals surface area contributed by atoms with Gasteiger partial charge >= 0.3 is 0 Å². The molecule has 1 saturated carbocycles. The largest absolute Gasteiger partial charge is 0.395 e. The van der Waals surface area contributed by atoms with E-state index in [1.165, 1.54) is 0 Å². The number of carbonyl (C=O) groups excluding carboxylic acids is 2. The van der Waals surface area contributed by atoms with Crippen LogP contribution in [0.25, 0.3) is 0 Å². The summed E-state index contributed by atoms with van der Waals surface area (Å²) >= 11 is 0. The molecule has 102 valence electrons. The van der Waals surface area contributed by atoms with Gasteiger partial charge in [0.25, 0.3) is 5.91 Å². The molecule has 1 fully saturated rings. The molecular weight excluding hydrogens is 244 g/mol. The van der Waals surface area contributed by atoms with Gasteiger partial charge in [-0.1, -0.05) is 18.2 Å². The third kappa shape index (κ3) is 3.79. The molecule has 1 aliphatic rings. The summed E-state index contributed by atoms with van der Waals surface area (Å²) in [6.07, 6.45) is 1.97. The van der Waals surface area contributed by atoms with Gasteiger partial charge in [-0.05, 0) is 25.0 Å². The van der Waals surface area contributed by atoms with Crippen LogP contribution in [0.1, 0.15) is 23.2 Å². The highest BCUT2D eigenvalue weighted by atomic mass is 16.3. The summed E-state index contributed by atoms with van der Waals surface area (Å²) in [7, 11) is 0. The lowest BCUT2D eigenvalue weighted by Gasteiger charge is -2.21. The van der Waals surface area contributed by atoms with Crippen molar-refractivity contribution in [1.82, 2.24) is 10.2 Å². The number of carbonyl (C=O) groups is 2. The van der Waals surface area contributed by atoms with Crippen LogP contribution in [0.2, 0.25) is 0 Å². The maximum atomic E-state index is 12.0. The Hall–Kier alpha value is -1.88. The lowest BCUT2D eigenvalue weighted by molar-refractivity contribution is -0.131. The molecule has 0 heterocycles. The highest BCUT2D eigenvalue weighted by Crippen LogP contribution is 2.26. The van der Waals surface area contributed by atoms with E-state index in [9.17, 15) is 9.59 Å². The van der Waals surface area contributed by atoms with Gasteiger partial charge in [0.1, 0.15) is 0 Å². The van der Waals surface area contributed by atoms with Crippen LogP contribution in [-0.4, -0.2) is 47.6 Å².